The van der Waals surface area contributed by atoms with E-state index in [9.17, 15) is 4.79 Å². The van der Waals surface area contributed by atoms with Crippen molar-refractivity contribution in [2.45, 2.75) is 0 Å². The number of aromatic amines is 1. The minimum atomic E-state index is 0.0212. The predicted octanol–water partition coefficient (Wildman–Crippen LogP) is 3.93. The van der Waals surface area contributed by atoms with Crippen LogP contribution in [0.3, 0.4) is 0 Å². The van der Waals surface area contributed by atoms with E-state index in [1.807, 2.05) is 65.1 Å². The van der Waals surface area contributed by atoms with Gasteiger partial charge in [0, 0.05) is 6.20 Å². The summed E-state index contributed by atoms with van der Waals surface area (Å²) in [4.78, 5) is 15.2. The van der Waals surface area contributed by atoms with Crippen molar-refractivity contribution in [3.8, 4) is 11.5 Å². The molecule has 0 aliphatic carbocycles. The molecule has 1 heterocycles. The lowest BCUT2D eigenvalue weighted by molar-refractivity contribution is 0.487. The van der Waals surface area contributed by atoms with E-state index in [-0.39, 0.29) is 5.43 Å². The molecular formula is C15H10INO2. The molecule has 0 atom stereocenters. The number of para-hydroxylation sites is 2. The molecule has 2 aromatic carbocycles. The van der Waals surface area contributed by atoms with E-state index in [2.05, 4.69) is 4.98 Å². The number of rotatable bonds is 2. The number of hydrogen-bond donors (Lipinski definition) is 1. The van der Waals surface area contributed by atoms with Crippen LogP contribution >= 0.6 is 22.6 Å². The fourth-order valence-corrected chi connectivity index (χ4v) is 2.35. The second-order valence-electron chi connectivity index (χ2n) is 4.06. The van der Waals surface area contributed by atoms with Gasteiger partial charge < -0.3 is 9.72 Å². The zero-order valence-corrected chi connectivity index (χ0v) is 12.0. The lowest BCUT2D eigenvalue weighted by atomic mass is 10.2. The standard InChI is InChI=1S/C15H10INO2/c16-12-9-17-14-11(15(12)18)7-4-8-13(14)19-10-5-2-1-3-6-10/h1-9H,(H,17,18). The molecule has 0 aliphatic heterocycles. The Bertz CT molecular complexity index is 781. The average molecular weight is 363 g/mol. The SMILES string of the molecule is O=c1c(I)c[nH]c2c(Oc3ccccc3)cccc12. The van der Waals surface area contributed by atoms with Crippen molar-refractivity contribution in [3.63, 3.8) is 0 Å². The van der Waals surface area contributed by atoms with Gasteiger partial charge in [0.1, 0.15) is 5.75 Å². The molecule has 0 amide bonds. The van der Waals surface area contributed by atoms with Crippen molar-refractivity contribution in [2.24, 2.45) is 0 Å². The Balaban J connectivity index is 2.15. The molecule has 0 radical (unpaired) electrons. The summed E-state index contributed by atoms with van der Waals surface area (Å²) in [6, 6.07) is 15.0. The number of hydrogen-bond acceptors (Lipinski definition) is 2. The Labute approximate surface area is 123 Å². The first-order valence-corrected chi connectivity index (χ1v) is 6.86. The second-order valence-corrected chi connectivity index (χ2v) is 5.22. The molecule has 3 rings (SSSR count). The fourth-order valence-electron chi connectivity index (χ4n) is 1.90. The van der Waals surface area contributed by atoms with Crippen LogP contribution in [0.4, 0.5) is 0 Å². The summed E-state index contributed by atoms with van der Waals surface area (Å²) < 4.78 is 6.48. The van der Waals surface area contributed by atoms with E-state index in [4.69, 9.17) is 4.74 Å². The molecule has 3 aromatic rings. The highest BCUT2D eigenvalue weighted by atomic mass is 127. The third-order valence-electron chi connectivity index (χ3n) is 2.80. The maximum absolute atomic E-state index is 12.0. The van der Waals surface area contributed by atoms with Gasteiger partial charge in [-0.3, -0.25) is 4.79 Å². The van der Waals surface area contributed by atoms with E-state index >= 15 is 0 Å². The molecule has 0 saturated carbocycles. The van der Waals surface area contributed by atoms with Gasteiger partial charge in [0.2, 0.25) is 5.43 Å². The fraction of sp³-hybridized carbons (Fsp3) is 0. The van der Waals surface area contributed by atoms with Gasteiger partial charge in [-0.25, -0.2) is 0 Å². The molecule has 0 saturated heterocycles. The van der Waals surface area contributed by atoms with Crippen LogP contribution < -0.4 is 10.2 Å². The van der Waals surface area contributed by atoms with Crippen LogP contribution in [0.25, 0.3) is 10.9 Å². The number of fused-ring (bicyclic) bond motifs is 1. The Hall–Kier alpha value is -1.82. The Morgan fingerprint density at radius 1 is 1.00 bits per heavy atom. The highest BCUT2D eigenvalue weighted by Crippen LogP contribution is 2.27. The molecule has 0 fully saturated rings. The molecule has 1 aromatic heterocycles. The predicted molar refractivity (Wildman–Crippen MR) is 83.8 cm³/mol. The molecular weight excluding hydrogens is 353 g/mol. The first-order valence-electron chi connectivity index (χ1n) is 5.78. The summed E-state index contributed by atoms with van der Waals surface area (Å²) in [6.07, 6.45) is 1.70. The van der Waals surface area contributed by atoms with Crippen molar-refractivity contribution >= 4 is 33.5 Å². The van der Waals surface area contributed by atoms with Crippen LogP contribution in [-0.4, -0.2) is 4.98 Å². The highest BCUT2D eigenvalue weighted by molar-refractivity contribution is 14.1. The van der Waals surface area contributed by atoms with Crippen molar-refractivity contribution in [1.29, 1.82) is 0 Å². The topological polar surface area (TPSA) is 42.1 Å². The van der Waals surface area contributed by atoms with E-state index in [0.717, 1.165) is 11.3 Å². The zero-order chi connectivity index (χ0) is 13.2. The van der Waals surface area contributed by atoms with Crippen molar-refractivity contribution in [3.05, 3.63) is 68.5 Å². The summed E-state index contributed by atoms with van der Waals surface area (Å²) in [7, 11) is 0. The molecule has 19 heavy (non-hydrogen) atoms. The maximum atomic E-state index is 12.0. The normalized spacial score (nSPS) is 10.6. The van der Waals surface area contributed by atoms with Gasteiger partial charge in [-0.05, 0) is 46.9 Å². The van der Waals surface area contributed by atoms with Crippen LogP contribution in [-0.2, 0) is 0 Å². The second kappa shape index (κ2) is 5.05. The Kier molecular flexibility index (Phi) is 3.25. The largest absolute Gasteiger partial charge is 0.455 e. The molecule has 1 N–H and O–H groups in total. The summed E-state index contributed by atoms with van der Waals surface area (Å²) >= 11 is 2.02. The van der Waals surface area contributed by atoms with Crippen molar-refractivity contribution in [2.75, 3.05) is 0 Å². The van der Waals surface area contributed by atoms with Crippen molar-refractivity contribution < 1.29 is 4.74 Å². The lowest BCUT2D eigenvalue weighted by Gasteiger charge is -2.08. The van der Waals surface area contributed by atoms with Gasteiger partial charge >= 0.3 is 0 Å². The lowest BCUT2D eigenvalue weighted by Crippen LogP contribution is -2.06. The summed E-state index contributed by atoms with van der Waals surface area (Å²) in [6.45, 7) is 0. The van der Waals surface area contributed by atoms with Crippen LogP contribution in [0.15, 0.2) is 59.5 Å². The quantitative estimate of drug-likeness (QED) is 0.702. The monoisotopic (exact) mass is 363 g/mol. The average Bonchev–Trinajstić information content (AvgIpc) is 2.45. The zero-order valence-electron chi connectivity index (χ0n) is 9.89. The van der Waals surface area contributed by atoms with Crippen LogP contribution in [0.1, 0.15) is 0 Å². The smallest absolute Gasteiger partial charge is 0.202 e. The number of pyridine rings is 1. The summed E-state index contributed by atoms with van der Waals surface area (Å²) in [5.74, 6) is 1.39. The molecule has 0 bridgehead atoms. The van der Waals surface area contributed by atoms with E-state index in [1.54, 1.807) is 12.3 Å². The molecule has 0 aliphatic rings. The minimum absolute atomic E-state index is 0.0212. The molecule has 4 heteroatoms. The van der Waals surface area contributed by atoms with Gasteiger partial charge in [0.25, 0.3) is 0 Å². The number of nitrogens with one attached hydrogen (secondary N) is 1. The van der Waals surface area contributed by atoms with Crippen LogP contribution in [0.5, 0.6) is 11.5 Å². The summed E-state index contributed by atoms with van der Waals surface area (Å²) in [5, 5.41) is 0.639. The minimum Gasteiger partial charge on any atom is -0.455 e. The van der Waals surface area contributed by atoms with Crippen LogP contribution in [0, 0.1) is 3.57 Å². The van der Waals surface area contributed by atoms with Gasteiger partial charge in [-0.1, -0.05) is 24.3 Å². The van der Waals surface area contributed by atoms with Gasteiger partial charge in [-0.2, -0.15) is 0 Å². The third-order valence-corrected chi connectivity index (χ3v) is 3.60. The van der Waals surface area contributed by atoms with Crippen molar-refractivity contribution in [1.82, 2.24) is 4.98 Å². The molecule has 94 valence electrons. The van der Waals surface area contributed by atoms with Crippen LogP contribution in [0.2, 0.25) is 0 Å². The number of halogens is 1. The highest BCUT2D eigenvalue weighted by Gasteiger charge is 2.08. The van der Waals surface area contributed by atoms with Gasteiger partial charge in [-0.15, -0.1) is 0 Å². The Morgan fingerprint density at radius 3 is 2.58 bits per heavy atom. The molecule has 0 unspecified atom stereocenters. The number of ether oxygens (including phenoxy) is 1. The van der Waals surface area contributed by atoms with Gasteiger partial charge in [0.05, 0.1) is 14.5 Å². The van der Waals surface area contributed by atoms with Gasteiger partial charge in [0.15, 0.2) is 5.75 Å². The third kappa shape index (κ3) is 2.35. The number of H-pyrrole nitrogens is 1. The number of aromatic nitrogens is 1. The first-order chi connectivity index (χ1) is 9.25. The van der Waals surface area contributed by atoms with E-state index in [0.29, 0.717) is 14.7 Å². The first kappa shape index (κ1) is 12.2. The Morgan fingerprint density at radius 2 is 1.79 bits per heavy atom. The summed E-state index contributed by atoms with van der Waals surface area (Å²) in [5.41, 5.74) is 0.740. The molecule has 0 spiro atoms. The van der Waals surface area contributed by atoms with E-state index in [1.165, 1.54) is 0 Å². The number of benzene rings is 2. The molecule has 3 nitrogen and oxygen atoms in total. The van der Waals surface area contributed by atoms with E-state index < -0.39 is 0 Å². The maximum Gasteiger partial charge on any atom is 0.202 e.